The molecule has 1 aromatic carbocycles. The molecular weight excluding hydrogens is 290 g/mol. The van der Waals surface area contributed by atoms with Gasteiger partial charge in [0.25, 0.3) is 0 Å². The van der Waals surface area contributed by atoms with E-state index in [0.717, 1.165) is 0 Å². The van der Waals surface area contributed by atoms with Gasteiger partial charge in [0.05, 0.1) is 6.42 Å². The fourth-order valence-electron chi connectivity index (χ4n) is 1.56. The Balaban J connectivity index is 0.00000361. The smallest absolute Gasteiger partial charge is 0.387 e. The predicted octanol–water partition coefficient (Wildman–Crippen LogP) is 1.93. The number of benzene rings is 1. The lowest BCUT2D eigenvalue weighted by Crippen LogP contribution is -2.33. The molecular formula is C13H19ClF2N2O2. The monoisotopic (exact) mass is 308 g/mol. The molecule has 0 unspecified atom stereocenters. The first kappa shape index (κ1) is 18.6. The highest BCUT2D eigenvalue weighted by Crippen LogP contribution is 2.21. The van der Waals surface area contributed by atoms with Crippen LogP contribution < -0.4 is 10.1 Å². The van der Waals surface area contributed by atoms with E-state index in [1.165, 1.54) is 6.07 Å². The molecule has 0 atom stereocenters. The number of carbonyl (C=O) groups is 1. The fourth-order valence-corrected chi connectivity index (χ4v) is 1.56. The number of ether oxygens (including phenoxy) is 1. The van der Waals surface area contributed by atoms with Crippen LogP contribution in [0.25, 0.3) is 0 Å². The highest BCUT2D eigenvalue weighted by molar-refractivity contribution is 5.85. The lowest BCUT2D eigenvalue weighted by molar-refractivity contribution is -0.129. The third kappa shape index (κ3) is 6.16. The number of nitrogens with one attached hydrogen (secondary N) is 1. The topological polar surface area (TPSA) is 41.6 Å². The summed E-state index contributed by atoms with van der Waals surface area (Å²) in [5.41, 5.74) is 0.462. The summed E-state index contributed by atoms with van der Waals surface area (Å²) in [6.07, 6.45) is 0.0447. The van der Waals surface area contributed by atoms with E-state index in [0.29, 0.717) is 18.7 Å². The van der Waals surface area contributed by atoms with Crippen molar-refractivity contribution in [1.82, 2.24) is 10.2 Å². The van der Waals surface area contributed by atoms with Crippen molar-refractivity contribution in [2.45, 2.75) is 13.0 Å². The molecule has 0 aliphatic carbocycles. The standard InChI is InChI=1S/C13H18F2N2O2.ClH/c1-16-7-8-17(2)12(18)9-10-5-3-4-6-11(10)19-13(14)15;/h3-6,13,16H,7-9H2,1-2H3;1H. The number of nitrogens with zero attached hydrogens (tertiary/aromatic N) is 1. The zero-order chi connectivity index (χ0) is 14.3. The molecule has 1 amide bonds. The predicted molar refractivity (Wildman–Crippen MR) is 75.6 cm³/mol. The number of amides is 1. The van der Waals surface area contributed by atoms with Crippen molar-refractivity contribution in [3.8, 4) is 5.75 Å². The highest BCUT2D eigenvalue weighted by atomic mass is 35.5. The van der Waals surface area contributed by atoms with E-state index in [1.54, 1.807) is 37.2 Å². The maximum absolute atomic E-state index is 12.2. The number of alkyl halides is 2. The molecule has 0 heterocycles. The molecule has 0 fully saturated rings. The Bertz CT molecular complexity index is 419. The maximum atomic E-state index is 12.2. The van der Waals surface area contributed by atoms with Gasteiger partial charge in [-0.2, -0.15) is 8.78 Å². The first-order valence-corrected chi connectivity index (χ1v) is 5.96. The number of rotatable bonds is 7. The van der Waals surface area contributed by atoms with Crippen molar-refractivity contribution in [2.75, 3.05) is 27.2 Å². The maximum Gasteiger partial charge on any atom is 0.387 e. The van der Waals surface area contributed by atoms with Crippen molar-refractivity contribution in [3.63, 3.8) is 0 Å². The molecule has 7 heteroatoms. The van der Waals surface area contributed by atoms with Gasteiger partial charge in [0.2, 0.25) is 5.91 Å². The van der Waals surface area contributed by atoms with Crippen molar-refractivity contribution in [2.24, 2.45) is 0 Å². The number of halogens is 3. The van der Waals surface area contributed by atoms with Gasteiger partial charge in [-0.15, -0.1) is 12.4 Å². The lowest BCUT2D eigenvalue weighted by atomic mass is 10.1. The summed E-state index contributed by atoms with van der Waals surface area (Å²) in [5, 5.41) is 2.94. The van der Waals surface area contributed by atoms with Gasteiger partial charge in [-0.05, 0) is 13.1 Å². The molecule has 0 aliphatic rings. The average Bonchev–Trinajstić information content (AvgIpc) is 2.37. The van der Waals surface area contributed by atoms with Crippen molar-refractivity contribution in [1.29, 1.82) is 0 Å². The highest BCUT2D eigenvalue weighted by Gasteiger charge is 2.14. The average molecular weight is 309 g/mol. The second kappa shape index (κ2) is 9.50. The Kier molecular flexibility index (Phi) is 8.83. The molecule has 0 spiro atoms. The van der Waals surface area contributed by atoms with E-state index < -0.39 is 6.61 Å². The van der Waals surface area contributed by atoms with Gasteiger partial charge < -0.3 is 15.0 Å². The number of hydrogen-bond acceptors (Lipinski definition) is 3. The van der Waals surface area contributed by atoms with Gasteiger partial charge in [-0.1, -0.05) is 18.2 Å². The summed E-state index contributed by atoms with van der Waals surface area (Å²) >= 11 is 0. The van der Waals surface area contributed by atoms with Gasteiger partial charge in [0.15, 0.2) is 0 Å². The van der Waals surface area contributed by atoms with E-state index in [9.17, 15) is 13.6 Å². The van der Waals surface area contributed by atoms with E-state index in [1.807, 2.05) is 0 Å². The molecule has 1 rings (SSSR count). The van der Waals surface area contributed by atoms with Crippen LogP contribution in [0.2, 0.25) is 0 Å². The quantitative estimate of drug-likeness (QED) is 0.837. The van der Waals surface area contributed by atoms with E-state index in [2.05, 4.69) is 10.1 Å². The van der Waals surface area contributed by atoms with Crippen LogP contribution in [0.3, 0.4) is 0 Å². The molecule has 0 saturated heterocycles. The number of para-hydroxylation sites is 1. The molecule has 0 aromatic heterocycles. The third-order valence-electron chi connectivity index (χ3n) is 2.65. The van der Waals surface area contributed by atoms with Crippen molar-refractivity contribution < 1.29 is 18.3 Å². The Hall–Kier alpha value is -1.40. The van der Waals surface area contributed by atoms with E-state index in [-0.39, 0.29) is 30.5 Å². The Morgan fingerprint density at radius 1 is 1.40 bits per heavy atom. The first-order valence-electron chi connectivity index (χ1n) is 5.96. The van der Waals surface area contributed by atoms with Gasteiger partial charge in [-0.3, -0.25) is 4.79 Å². The summed E-state index contributed by atoms with van der Waals surface area (Å²) in [6.45, 7) is -1.65. The zero-order valence-electron chi connectivity index (χ0n) is 11.4. The lowest BCUT2D eigenvalue weighted by Gasteiger charge is -2.18. The van der Waals surface area contributed by atoms with Crippen LogP contribution in [0.4, 0.5) is 8.78 Å². The zero-order valence-corrected chi connectivity index (χ0v) is 12.3. The molecule has 114 valence electrons. The molecule has 20 heavy (non-hydrogen) atoms. The summed E-state index contributed by atoms with van der Waals surface area (Å²) in [5.74, 6) is -0.0894. The molecule has 1 aromatic rings. The summed E-state index contributed by atoms with van der Waals surface area (Å²) < 4.78 is 28.9. The van der Waals surface area contributed by atoms with Crippen LogP contribution in [0.1, 0.15) is 5.56 Å². The molecule has 0 radical (unpaired) electrons. The van der Waals surface area contributed by atoms with E-state index in [4.69, 9.17) is 0 Å². The Morgan fingerprint density at radius 3 is 2.65 bits per heavy atom. The minimum absolute atomic E-state index is 0. The van der Waals surface area contributed by atoms with Gasteiger partial charge >= 0.3 is 6.61 Å². The van der Waals surface area contributed by atoms with Crippen LogP contribution in [-0.4, -0.2) is 44.6 Å². The Labute approximate surface area is 123 Å². The minimum atomic E-state index is -2.89. The molecule has 0 saturated carbocycles. The number of carbonyl (C=O) groups excluding carboxylic acids is 1. The minimum Gasteiger partial charge on any atom is -0.435 e. The Morgan fingerprint density at radius 2 is 2.05 bits per heavy atom. The van der Waals surface area contributed by atoms with Gasteiger partial charge in [-0.25, -0.2) is 0 Å². The van der Waals surface area contributed by atoms with Crippen LogP contribution in [-0.2, 0) is 11.2 Å². The third-order valence-corrected chi connectivity index (χ3v) is 2.65. The van der Waals surface area contributed by atoms with Crippen LogP contribution in [0, 0.1) is 0 Å². The second-order valence-corrected chi connectivity index (χ2v) is 4.08. The largest absolute Gasteiger partial charge is 0.435 e. The van der Waals surface area contributed by atoms with Crippen LogP contribution in [0.5, 0.6) is 5.75 Å². The van der Waals surface area contributed by atoms with Crippen molar-refractivity contribution in [3.05, 3.63) is 29.8 Å². The number of likely N-dealkylation sites (N-methyl/N-ethyl adjacent to an activating group) is 2. The fraction of sp³-hybridized carbons (Fsp3) is 0.462. The number of hydrogen-bond donors (Lipinski definition) is 1. The van der Waals surface area contributed by atoms with E-state index >= 15 is 0 Å². The summed E-state index contributed by atoms with van der Waals surface area (Å²) in [4.78, 5) is 13.5. The van der Waals surface area contributed by atoms with Gasteiger partial charge in [0, 0.05) is 25.7 Å². The molecule has 0 bridgehead atoms. The molecule has 4 nitrogen and oxygen atoms in total. The summed E-state index contributed by atoms with van der Waals surface area (Å²) in [7, 11) is 3.47. The second-order valence-electron chi connectivity index (χ2n) is 4.08. The SMILES string of the molecule is CNCCN(C)C(=O)Cc1ccccc1OC(F)F.Cl. The molecule has 0 aliphatic heterocycles. The van der Waals surface area contributed by atoms with Crippen molar-refractivity contribution >= 4 is 18.3 Å². The molecule has 1 N–H and O–H groups in total. The van der Waals surface area contributed by atoms with Crippen LogP contribution in [0.15, 0.2) is 24.3 Å². The first-order chi connectivity index (χ1) is 9.04. The van der Waals surface area contributed by atoms with Gasteiger partial charge in [0.1, 0.15) is 5.75 Å². The normalized spacial score (nSPS) is 10.1. The summed E-state index contributed by atoms with van der Waals surface area (Å²) in [6, 6.07) is 6.33. The van der Waals surface area contributed by atoms with Crippen LogP contribution >= 0.6 is 12.4 Å².